The van der Waals surface area contributed by atoms with E-state index in [2.05, 4.69) is 5.32 Å². The van der Waals surface area contributed by atoms with Crippen LogP contribution < -0.4 is 10.1 Å². The van der Waals surface area contributed by atoms with Crippen LogP contribution in [0.25, 0.3) is 0 Å². The van der Waals surface area contributed by atoms with E-state index in [1.165, 1.54) is 0 Å². The highest BCUT2D eigenvalue weighted by Gasteiger charge is 2.12. The summed E-state index contributed by atoms with van der Waals surface area (Å²) in [6.45, 7) is 5.70. The number of rotatable bonds is 8. The normalized spacial score (nSPS) is 14.2. The van der Waals surface area contributed by atoms with E-state index in [0.29, 0.717) is 17.4 Å². The number of nitrogens with one attached hydrogen (secondary N) is 1. The van der Waals surface area contributed by atoms with Crippen molar-refractivity contribution in [2.45, 2.75) is 32.6 Å². The molecule has 4 nitrogen and oxygen atoms in total. The number of hydrogen-bond donors (Lipinski definition) is 2. The molecule has 0 fully saturated rings. The molecule has 0 amide bonds. The van der Waals surface area contributed by atoms with Crippen molar-refractivity contribution in [3.8, 4) is 5.75 Å². The maximum Gasteiger partial charge on any atom is 0.138 e. The number of aliphatic hydroxyl groups excluding tert-OH is 1. The number of halogens is 1. The van der Waals surface area contributed by atoms with Crippen LogP contribution in [-0.2, 0) is 11.3 Å². The van der Waals surface area contributed by atoms with Crippen molar-refractivity contribution in [2.75, 3.05) is 20.3 Å². The fourth-order valence-electron chi connectivity index (χ4n) is 1.46. The molecule has 0 radical (unpaired) electrons. The molecule has 0 aliphatic carbocycles. The van der Waals surface area contributed by atoms with Crippen LogP contribution in [0.1, 0.15) is 19.4 Å². The second kappa shape index (κ2) is 8.38. The van der Waals surface area contributed by atoms with Crippen molar-refractivity contribution >= 4 is 11.6 Å². The number of aliphatic hydroxyl groups is 1. The highest BCUT2D eigenvalue weighted by Crippen LogP contribution is 2.26. The predicted octanol–water partition coefficient (Wildman–Crippen LogP) is 2.22. The van der Waals surface area contributed by atoms with Gasteiger partial charge in [-0.1, -0.05) is 17.7 Å². The second-order valence-corrected chi connectivity index (χ2v) is 4.91. The van der Waals surface area contributed by atoms with Crippen molar-refractivity contribution in [3.05, 3.63) is 28.8 Å². The summed E-state index contributed by atoms with van der Waals surface area (Å²) in [4.78, 5) is 0. The molecule has 108 valence electrons. The lowest BCUT2D eigenvalue weighted by molar-refractivity contribution is 0.0605. The van der Waals surface area contributed by atoms with Crippen LogP contribution in [0.15, 0.2) is 18.2 Å². The van der Waals surface area contributed by atoms with E-state index in [9.17, 15) is 5.11 Å². The van der Waals surface area contributed by atoms with E-state index >= 15 is 0 Å². The molecule has 19 heavy (non-hydrogen) atoms. The maximum absolute atomic E-state index is 9.40. The first-order valence-electron chi connectivity index (χ1n) is 6.37. The molecule has 2 unspecified atom stereocenters. The van der Waals surface area contributed by atoms with E-state index < -0.39 is 6.10 Å². The highest BCUT2D eigenvalue weighted by molar-refractivity contribution is 6.32. The molecular weight excluding hydrogens is 266 g/mol. The lowest BCUT2D eigenvalue weighted by Gasteiger charge is -2.18. The third-order valence-corrected chi connectivity index (χ3v) is 3.10. The van der Waals surface area contributed by atoms with Gasteiger partial charge in [0.15, 0.2) is 0 Å². The van der Waals surface area contributed by atoms with Gasteiger partial charge in [-0.25, -0.2) is 0 Å². The zero-order valence-corrected chi connectivity index (χ0v) is 12.4. The van der Waals surface area contributed by atoms with Gasteiger partial charge in [0, 0.05) is 20.2 Å². The zero-order chi connectivity index (χ0) is 14.3. The molecule has 0 saturated carbocycles. The van der Waals surface area contributed by atoms with Crippen LogP contribution in [0.5, 0.6) is 5.75 Å². The van der Waals surface area contributed by atoms with Crippen LogP contribution in [0.2, 0.25) is 5.02 Å². The third-order valence-electron chi connectivity index (χ3n) is 2.80. The minimum absolute atomic E-state index is 0.289. The molecule has 0 aliphatic heterocycles. The average Bonchev–Trinajstić information content (AvgIpc) is 2.37. The molecule has 1 aromatic carbocycles. The van der Waals surface area contributed by atoms with Crippen LogP contribution in [0.4, 0.5) is 0 Å². The lowest BCUT2D eigenvalue weighted by atomic mass is 10.2. The minimum atomic E-state index is -0.536. The number of ether oxygens (including phenoxy) is 2. The van der Waals surface area contributed by atoms with E-state index in [1.807, 2.05) is 18.2 Å². The Morgan fingerprint density at radius 2 is 2.11 bits per heavy atom. The van der Waals surface area contributed by atoms with Crippen LogP contribution in [-0.4, -0.2) is 37.6 Å². The lowest BCUT2D eigenvalue weighted by Crippen LogP contribution is -2.25. The molecule has 0 bridgehead atoms. The summed E-state index contributed by atoms with van der Waals surface area (Å²) in [6, 6.07) is 5.65. The Hall–Kier alpha value is -0.810. The summed E-state index contributed by atoms with van der Waals surface area (Å²) in [5.41, 5.74) is 1.08. The van der Waals surface area contributed by atoms with Crippen LogP contribution >= 0.6 is 11.6 Å². The third kappa shape index (κ3) is 5.78. The zero-order valence-electron chi connectivity index (χ0n) is 11.6. The predicted molar refractivity (Wildman–Crippen MR) is 76.8 cm³/mol. The van der Waals surface area contributed by atoms with Crippen LogP contribution in [0.3, 0.4) is 0 Å². The average molecular weight is 288 g/mol. The summed E-state index contributed by atoms with van der Waals surface area (Å²) < 4.78 is 10.5. The Balaban J connectivity index is 2.54. The second-order valence-electron chi connectivity index (χ2n) is 4.50. The topological polar surface area (TPSA) is 50.7 Å². The molecular formula is C14H22ClNO3. The first kappa shape index (κ1) is 16.2. The molecule has 0 saturated heterocycles. The van der Waals surface area contributed by atoms with Gasteiger partial charge in [-0.2, -0.15) is 0 Å². The first-order valence-corrected chi connectivity index (χ1v) is 6.75. The highest BCUT2D eigenvalue weighted by atomic mass is 35.5. The standard InChI is InChI=1S/C14H22ClNO3/c1-10(17)11(2)19-14-5-4-12(8-13(14)15)9-16-6-7-18-3/h4-5,8,10-11,16-17H,6-7,9H2,1-3H3. The van der Waals surface area contributed by atoms with E-state index in [-0.39, 0.29) is 6.10 Å². The maximum atomic E-state index is 9.40. The summed E-state index contributed by atoms with van der Waals surface area (Å²) in [5, 5.41) is 13.2. The SMILES string of the molecule is COCCNCc1ccc(OC(C)C(C)O)c(Cl)c1. The molecule has 2 atom stereocenters. The van der Waals surface area contributed by atoms with Crippen LogP contribution in [0, 0.1) is 0 Å². The summed E-state index contributed by atoms with van der Waals surface area (Å²) in [7, 11) is 1.67. The number of methoxy groups -OCH3 is 1. The fraction of sp³-hybridized carbons (Fsp3) is 0.571. The monoisotopic (exact) mass is 287 g/mol. The molecule has 0 spiro atoms. The molecule has 1 aromatic rings. The van der Waals surface area contributed by atoms with Gasteiger partial charge >= 0.3 is 0 Å². The van der Waals surface area contributed by atoms with Gasteiger partial charge in [0.1, 0.15) is 11.9 Å². The van der Waals surface area contributed by atoms with Gasteiger partial charge in [0.25, 0.3) is 0 Å². The van der Waals surface area contributed by atoms with Crippen molar-refractivity contribution in [1.29, 1.82) is 0 Å². The summed E-state index contributed by atoms with van der Waals surface area (Å²) in [6.07, 6.45) is -0.824. The Morgan fingerprint density at radius 1 is 1.37 bits per heavy atom. The van der Waals surface area contributed by atoms with Gasteiger partial charge in [0.2, 0.25) is 0 Å². The molecule has 0 heterocycles. The van der Waals surface area contributed by atoms with Gasteiger partial charge in [0.05, 0.1) is 17.7 Å². The molecule has 5 heteroatoms. The first-order chi connectivity index (χ1) is 9.04. The Kier molecular flexibility index (Phi) is 7.16. The largest absolute Gasteiger partial charge is 0.486 e. The molecule has 2 N–H and O–H groups in total. The van der Waals surface area contributed by atoms with E-state index in [0.717, 1.165) is 18.7 Å². The van der Waals surface area contributed by atoms with Crippen molar-refractivity contribution in [2.24, 2.45) is 0 Å². The summed E-state index contributed by atoms with van der Waals surface area (Å²) >= 11 is 6.16. The van der Waals surface area contributed by atoms with Gasteiger partial charge in [-0.05, 0) is 31.5 Å². The van der Waals surface area contributed by atoms with Gasteiger partial charge in [-0.3, -0.25) is 0 Å². The Bertz CT molecular complexity index is 385. The fourth-order valence-corrected chi connectivity index (χ4v) is 1.70. The number of benzene rings is 1. The number of hydrogen-bond acceptors (Lipinski definition) is 4. The van der Waals surface area contributed by atoms with Crippen molar-refractivity contribution in [3.63, 3.8) is 0 Å². The van der Waals surface area contributed by atoms with E-state index in [4.69, 9.17) is 21.1 Å². The molecule has 1 rings (SSSR count). The van der Waals surface area contributed by atoms with Crippen molar-refractivity contribution < 1.29 is 14.6 Å². The quantitative estimate of drug-likeness (QED) is 0.720. The van der Waals surface area contributed by atoms with Gasteiger partial charge in [-0.15, -0.1) is 0 Å². The van der Waals surface area contributed by atoms with E-state index in [1.54, 1.807) is 21.0 Å². The van der Waals surface area contributed by atoms with Crippen molar-refractivity contribution in [1.82, 2.24) is 5.32 Å². The minimum Gasteiger partial charge on any atom is -0.486 e. The Labute approximate surface area is 119 Å². The summed E-state index contributed by atoms with van der Waals surface area (Å²) in [5.74, 6) is 0.593. The van der Waals surface area contributed by atoms with Gasteiger partial charge < -0.3 is 19.9 Å². The Morgan fingerprint density at radius 3 is 2.68 bits per heavy atom. The molecule has 0 aromatic heterocycles. The smallest absolute Gasteiger partial charge is 0.138 e. The molecule has 0 aliphatic rings.